The summed E-state index contributed by atoms with van der Waals surface area (Å²) in [5.41, 5.74) is 3.59. The maximum atomic E-state index is 5.86. The van der Waals surface area contributed by atoms with Gasteiger partial charge < -0.3 is 4.74 Å². The number of rotatable bonds is 3. The molecular formula is C13H14ClNOS. The SMILES string of the molecule is Cc1ccc(C)c(OCc2cnc(Cl)s2)c1C. The van der Waals surface area contributed by atoms with Crippen LogP contribution >= 0.6 is 22.9 Å². The van der Waals surface area contributed by atoms with Gasteiger partial charge in [-0.05, 0) is 37.5 Å². The Hall–Kier alpha value is -1.06. The number of thiazole rings is 1. The highest BCUT2D eigenvalue weighted by atomic mass is 35.5. The highest BCUT2D eigenvalue weighted by Crippen LogP contribution is 2.27. The van der Waals surface area contributed by atoms with Gasteiger partial charge in [-0.2, -0.15) is 0 Å². The zero-order valence-electron chi connectivity index (χ0n) is 10.1. The zero-order chi connectivity index (χ0) is 12.4. The fourth-order valence-electron chi connectivity index (χ4n) is 1.64. The van der Waals surface area contributed by atoms with E-state index in [2.05, 4.69) is 37.9 Å². The summed E-state index contributed by atoms with van der Waals surface area (Å²) < 4.78 is 6.42. The standard InChI is InChI=1S/C13H14ClNOS/c1-8-4-5-9(2)12(10(8)3)16-7-11-6-15-13(14)17-11/h4-6H,7H2,1-3H3. The van der Waals surface area contributed by atoms with Crippen LogP contribution in [0.4, 0.5) is 0 Å². The first-order valence-corrected chi connectivity index (χ1v) is 6.57. The average Bonchev–Trinajstić information content (AvgIpc) is 2.70. The van der Waals surface area contributed by atoms with Gasteiger partial charge in [0.05, 0.1) is 4.88 Å². The Morgan fingerprint density at radius 1 is 1.24 bits per heavy atom. The highest BCUT2D eigenvalue weighted by molar-refractivity contribution is 7.15. The van der Waals surface area contributed by atoms with E-state index in [4.69, 9.17) is 16.3 Å². The Labute approximate surface area is 110 Å². The molecule has 1 aromatic carbocycles. The van der Waals surface area contributed by atoms with Gasteiger partial charge in [0.2, 0.25) is 0 Å². The summed E-state index contributed by atoms with van der Waals surface area (Å²) in [6.07, 6.45) is 1.76. The first-order chi connectivity index (χ1) is 8.08. The van der Waals surface area contributed by atoms with Gasteiger partial charge in [0, 0.05) is 6.20 Å². The lowest BCUT2D eigenvalue weighted by Gasteiger charge is -2.13. The predicted octanol–water partition coefficient (Wildman–Crippen LogP) is 4.30. The maximum Gasteiger partial charge on any atom is 0.183 e. The van der Waals surface area contributed by atoms with E-state index in [0.29, 0.717) is 11.1 Å². The predicted molar refractivity (Wildman–Crippen MR) is 72.1 cm³/mol. The van der Waals surface area contributed by atoms with Crippen molar-refractivity contribution in [1.82, 2.24) is 4.98 Å². The van der Waals surface area contributed by atoms with Crippen molar-refractivity contribution in [2.75, 3.05) is 0 Å². The van der Waals surface area contributed by atoms with Gasteiger partial charge in [0.1, 0.15) is 12.4 Å². The molecule has 0 fully saturated rings. The summed E-state index contributed by atoms with van der Waals surface area (Å²) in [6.45, 7) is 6.75. The maximum absolute atomic E-state index is 5.86. The molecule has 1 aromatic heterocycles. The van der Waals surface area contributed by atoms with Crippen LogP contribution in [0.5, 0.6) is 5.75 Å². The molecule has 0 aliphatic rings. The number of aryl methyl sites for hydroxylation is 2. The van der Waals surface area contributed by atoms with E-state index in [1.807, 2.05) is 0 Å². The van der Waals surface area contributed by atoms with E-state index >= 15 is 0 Å². The minimum absolute atomic E-state index is 0.523. The van der Waals surface area contributed by atoms with E-state index in [1.54, 1.807) is 6.20 Å². The smallest absolute Gasteiger partial charge is 0.183 e. The molecule has 0 spiro atoms. The highest BCUT2D eigenvalue weighted by Gasteiger charge is 2.07. The second kappa shape index (κ2) is 5.07. The lowest BCUT2D eigenvalue weighted by Crippen LogP contribution is -1.98. The molecule has 17 heavy (non-hydrogen) atoms. The third-order valence-corrected chi connectivity index (χ3v) is 3.85. The monoisotopic (exact) mass is 267 g/mol. The number of nitrogens with zero attached hydrogens (tertiary/aromatic N) is 1. The topological polar surface area (TPSA) is 22.1 Å². The van der Waals surface area contributed by atoms with Crippen LogP contribution in [0.1, 0.15) is 21.6 Å². The van der Waals surface area contributed by atoms with Crippen LogP contribution in [-0.2, 0) is 6.61 Å². The molecule has 4 heteroatoms. The van der Waals surface area contributed by atoms with Gasteiger partial charge in [0.25, 0.3) is 0 Å². The minimum Gasteiger partial charge on any atom is -0.487 e. The van der Waals surface area contributed by atoms with Crippen LogP contribution in [-0.4, -0.2) is 4.98 Å². The van der Waals surface area contributed by atoms with Gasteiger partial charge in [0.15, 0.2) is 4.47 Å². The molecular weight excluding hydrogens is 254 g/mol. The van der Waals surface area contributed by atoms with Crippen molar-refractivity contribution >= 4 is 22.9 Å². The van der Waals surface area contributed by atoms with E-state index in [0.717, 1.165) is 16.2 Å². The van der Waals surface area contributed by atoms with Crippen molar-refractivity contribution < 1.29 is 4.74 Å². The first kappa shape index (κ1) is 12.4. The average molecular weight is 268 g/mol. The Bertz CT molecular complexity index is 536. The third-order valence-electron chi connectivity index (χ3n) is 2.76. The Morgan fingerprint density at radius 2 is 1.94 bits per heavy atom. The number of ether oxygens (including phenoxy) is 1. The third kappa shape index (κ3) is 2.79. The lowest BCUT2D eigenvalue weighted by molar-refractivity contribution is 0.305. The van der Waals surface area contributed by atoms with Crippen LogP contribution in [0.3, 0.4) is 0 Å². The summed E-state index contributed by atoms with van der Waals surface area (Å²) >= 11 is 7.23. The molecule has 0 atom stereocenters. The first-order valence-electron chi connectivity index (χ1n) is 5.37. The van der Waals surface area contributed by atoms with Crippen LogP contribution in [0, 0.1) is 20.8 Å². The Kier molecular flexibility index (Phi) is 3.69. The quantitative estimate of drug-likeness (QED) is 0.827. The van der Waals surface area contributed by atoms with Gasteiger partial charge in [-0.3, -0.25) is 0 Å². The number of hydrogen-bond donors (Lipinski definition) is 0. The molecule has 0 aliphatic heterocycles. The molecule has 0 saturated carbocycles. The molecule has 0 radical (unpaired) electrons. The Morgan fingerprint density at radius 3 is 2.59 bits per heavy atom. The fraction of sp³-hybridized carbons (Fsp3) is 0.308. The van der Waals surface area contributed by atoms with Crippen LogP contribution in [0.2, 0.25) is 4.47 Å². The summed E-state index contributed by atoms with van der Waals surface area (Å²) in [7, 11) is 0. The van der Waals surface area contributed by atoms with Gasteiger partial charge in [-0.15, -0.1) is 11.3 Å². The van der Waals surface area contributed by atoms with Crippen molar-refractivity contribution in [1.29, 1.82) is 0 Å². The van der Waals surface area contributed by atoms with Gasteiger partial charge in [-0.25, -0.2) is 4.98 Å². The van der Waals surface area contributed by atoms with Crippen molar-refractivity contribution in [3.05, 3.63) is 44.4 Å². The molecule has 2 nitrogen and oxygen atoms in total. The van der Waals surface area contributed by atoms with Crippen LogP contribution < -0.4 is 4.74 Å². The summed E-state index contributed by atoms with van der Waals surface area (Å²) in [6, 6.07) is 4.19. The Balaban J connectivity index is 2.16. The normalized spacial score (nSPS) is 10.6. The van der Waals surface area contributed by atoms with Crippen LogP contribution in [0.25, 0.3) is 0 Å². The van der Waals surface area contributed by atoms with Crippen molar-refractivity contribution in [2.45, 2.75) is 27.4 Å². The van der Waals surface area contributed by atoms with Gasteiger partial charge in [-0.1, -0.05) is 23.7 Å². The lowest BCUT2D eigenvalue weighted by atomic mass is 10.1. The van der Waals surface area contributed by atoms with Crippen molar-refractivity contribution in [2.24, 2.45) is 0 Å². The molecule has 2 rings (SSSR count). The number of hydrogen-bond acceptors (Lipinski definition) is 3. The molecule has 0 unspecified atom stereocenters. The van der Waals surface area contributed by atoms with E-state index in [9.17, 15) is 0 Å². The van der Waals surface area contributed by atoms with Crippen molar-refractivity contribution in [3.63, 3.8) is 0 Å². The van der Waals surface area contributed by atoms with Crippen molar-refractivity contribution in [3.8, 4) is 5.75 Å². The number of benzene rings is 1. The molecule has 0 saturated heterocycles. The summed E-state index contributed by atoms with van der Waals surface area (Å²) in [5.74, 6) is 0.967. The van der Waals surface area contributed by atoms with E-state index in [1.165, 1.54) is 22.5 Å². The molecule has 1 heterocycles. The van der Waals surface area contributed by atoms with E-state index in [-0.39, 0.29) is 0 Å². The number of halogens is 1. The zero-order valence-corrected chi connectivity index (χ0v) is 11.7. The van der Waals surface area contributed by atoms with E-state index < -0.39 is 0 Å². The molecule has 0 aliphatic carbocycles. The fourth-order valence-corrected chi connectivity index (χ4v) is 2.53. The molecule has 0 N–H and O–H groups in total. The van der Waals surface area contributed by atoms with Gasteiger partial charge >= 0.3 is 0 Å². The molecule has 90 valence electrons. The molecule has 2 aromatic rings. The summed E-state index contributed by atoms with van der Waals surface area (Å²) in [4.78, 5) is 5.03. The summed E-state index contributed by atoms with van der Waals surface area (Å²) in [5, 5.41) is 0. The largest absolute Gasteiger partial charge is 0.487 e. The minimum atomic E-state index is 0.523. The molecule has 0 amide bonds. The number of aromatic nitrogens is 1. The van der Waals surface area contributed by atoms with Crippen LogP contribution in [0.15, 0.2) is 18.3 Å². The second-order valence-electron chi connectivity index (χ2n) is 4.02. The second-order valence-corrected chi connectivity index (χ2v) is 5.72. The molecule has 0 bridgehead atoms.